The van der Waals surface area contributed by atoms with Gasteiger partial charge in [-0.3, -0.25) is 14.5 Å². The van der Waals surface area contributed by atoms with E-state index in [0.29, 0.717) is 0 Å². The van der Waals surface area contributed by atoms with Crippen molar-refractivity contribution in [1.29, 1.82) is 0 Å². The van der Waals surface area contributed by atoms with Crippen LogP contribution in [0.3, 0.4) is 0 Å². The zero-order chi connectivity index (χ0) is 14.1. The van der Waals surface area contributed by atoms with Crippen LogP contribution in [0.5, 0.6) is 0 Å². The summed E-state index contributed by atoms with van der Waals surface area (Å²) in [6.45, 7) is 4.57. The number of nitrogens with one attached hydrogen (secondary N) is 1. The number of imide groups is 1. The molecule has 0 saturated carbocycles. The molecule has 1 unspecified atom stereocenters. The lowest BCUT2D eigenvalue weighted by Crippen LogP contribution is -2.44. The van der Waals surface area contributed by atoms with Crippen molar-refractivity contribution in [2.24, 2.45) is 0 Å². The maximum absolute atomic E-state index is 11.8. The standard InChI is InChI=1S/C11H19N3O4/c1-7(15)5-13(4)8(16)6-14-9(17)11(2,3)12-10(14)18/h7,15H,5-6H2,1-4H3,(H,12,18). The highest BCUT2D eigenvalue weighted by Gasteiger charge is 2.45. The summed E-state index contributed by atoms with van der Waals surface area (Å²) >= 11 is 0. The molecule has 1 heterocycles. The fourth-order valence-corrected chi connectivity index (χ4v) is 1.72. The van der Waals surface area contributed by atoms with E-state index in [-0.39, 0.29) is 13.1 Å². The predicted molar refractivity (Wildman–Crippen MR) is 63.6 cm³/mol. The van der Waals surface area contributed by atoms with Crippen molar-refractivity contribution in [2.75, 3.05) is 20.1 Å². The number of aliphatic hydroxyl groups excluding tert-OH is 1. The molecule has 102 valence electrons. The Morgan fingerprint density at radius 1 is 1.50 bits per heavy atom. The van der Waals surface area contributed by atoms with Crippen LogP contribution in [0.4, 0.5) is 4.79 Å². The Bertz CT molecular complexity index is 378. The average molecular weight is 257 g/mol. The quantitative estimate of drug-likeness (QED) is 0.642. The number of hydrogen-bond donors (Lipinski definition) is 2. The summed E-state index contributed by atoms with van der Waals surface area (Å²) < 4.78 is 0. The molecule has 18 heavy (non-hydrogen) atoms. The minimum atomic E-state index is -0.972. The second-order valence-electron chi connectivity index (χ2n) is 5.07. The lowest BCUT2D eigenvalue weighted by Gasteiger charge is -2.21. The summed E-state index contributed by atoms with van der Waals surface area (Å²) in [7, 11) is 1.51. The van der Waals surface area contributed by atoms with Gasteiger partial charge in [0, 0.05) is 13.6 Å². The molecule has 2 N–H and O–H groups in total. The summed E-state index contributed by atoms with van der Waals surface area (Å²) in [5, 5.41) is 11.7. The van der Waals surface area contributed by atoms with Crippen molar-refractivity contribution < 1.29 is 19.5 Å². The monoisotopic (exact) mass is 257 g/mol. The molecule has 0 aliphatic carbocycles. The molecule has 0 aromatic rings. The van der Waals surface area contributed by atoms with Crippen molar-refractivity contribution in [2.45, 2.75) is 32.4 Å². The van der Waals surface area contributed by atoms with E-state index < -0.39 is 29.5 Å². The Morgan fingerprint density at radius 2 is 2.06 bits per heavy atom. The van der Waals surface area contributed by atoms with Crippen LogP contribution < -0.4 is 5.32 Å². The average Bonchev–Trinajstić information content (AvgIpc) is 2.39. The number of carbonyl (C=O) groups excluding carboxylic acids is 3. The summed E-state index contributed by atoms with van der Waals surface area (Å²) in [5.41, 5.74) is -0.972. The number of amides is 4. The molecule has 1 rings (SSSR count). The second-order valence-corrected chi connectivity index (χ2v) is 5.07. The van der Waals surface area contributed by atoms with Gasteiger partial charge in [0.15, 0.2) is 0 Å². The molecule has 7 heteroatoms. The van der Waals surface area contributed by atoms with E-state index in [1.54, 1.807) is 20.8 Å². The van der Waals surface area contributed by atoms with E-state index in [1.165, 1.54) is 11.9 Å². The molecular weight excluding hydrogens is 238 g/mol. The third kappa shape index (κ3) is 2.98. The highest BCUT2D eigenvalue weighted by molar-refractivity contribution is 6.08. The Balaban J connectivity index is 2.66. The first-order chi connectivity index (χ1) is 8.15. The van der Waals surface area contributed by atoms with E-state index in [0.717, 1.165) is 4.90 Å². The smallest absolute Gasteiger partial charge is 0.325 e. The fraction of sp³-hybridized carbons (Fsp3) is 0.727. The van der Waals surface area contributed by atoms with Crippen LogP contribution in [0.2, 0.25) is 0 Å². The largest absolute Gasteiger partial charge is 0.392 e. The van der Waals surface area contributed by atoms with E-state index in [9.17, 15) is 14.4 Å². The van der Waals surface area contributed by atoms with Gasteiger partial charge in [-0.05, 0) is 20.8 Å². The maximum Gasteiger partial charge on any atom is 0.325 e. The molecule has 1 aliphatic rings. The Morgan fingerprint density at radius 3 is 2.44 bits per heavy atom. The third-order valence-electron chi connectivity index (χ3n) is 2.70. The van der Waals surface area contributed by atoms with Crippen LogP contribution in [-0.2, 0) is 9.59 Å². The molecule has 0 aromatic heterocycles. The predicted octanol–water partition coefficient (Wildman–Crippen LogP) is -0.844. The Hall–Kier alpha value is -1.63. The summed E-state index contributed by atoms with van der Waals surface area (Å²) in [5.74, 6) is -0.816. The van der Waals surface area contributed by atoms with Gasteiger partial charge >= 0.3 is 6.03 Å². The van der Waals surface area contributed by atoms with Crippen LogP contribution in [0.15, 0.2) is 0 Å². The first kappa shape index (κ1) is 14.4. The van der Waals surface area contributed by atoms with E-state index in [1.807, 2.05) is 0 Å². The molecule has 7 nitrogen and oxygen atoms in total. The minimum absolute atomic E-state index is 0.159. The number of rotatable bonds is 4. The minimum Gasteiger partial charge on any atom is -0.392 e. The number of nitrogens with zero attached hydrogens (tertiary/aromatic N) is 2. The summed E-state index contributed by atoms with van der Waals surface area (Å²) in [6, 6.07) is -0.566. The molecule has 0 spiro atoms. The molecule has 1 atom stereocenters. The van der Waals surface area contributed by atoms with Gasteiger partial charge in [-0.2, -0.15) is 0 Å². The Labute approximate surface area is 106 Å². The van der Waals surface area contributed by atoms with Crippen molar-refractivity contribution in [1.82, 2.24) is 15.1 Å². The molecule has 1 aliphatic heterocycles. The van der Waals surface area contributed by atoms with Crippen LogP contribution in [0.1, 0.15) is 20.8 Å². The normalized spacial score (nSPS) is 19.7. The van der Waals surface area contributed by atoms with Gasteiger partial charge in [0.05, 0.1) is 6.10 Å². The SMILES string of the molecule is CC(O)CN(C)C(=O)CN1C(=O)NC(C)(C)C1=O. The first-order valence-electron chi connectivity index (χ1n) is 5.71. The van der Waals surface area contributed by atoms with Crippen molar-refractivity contribution >= 4 is 17.8 Å². The third-order valence-corrected chi connectivity index (χ3v) is 2.70. The zero-order valence-electron chi connectivity index (χ0n) is 11.1. The van der Waals surface area contributed by atoms with Gasteiger partial charge in [0.1, 0.15) is 12.1 Å². The van der Waals surface area contributed by atoms with Crippen molar-refractivity contribution in [3.63, 3.8) is 0 Å². The van der Waals surface area contributed by atoms with Crippen LogP contribution in [-0.4, -0.2) is 64.5 Å². The lowest BCUT2D eigenvalue weighted by atomic mass is 10.1. The van der Waals surface area contributed by atoms with E-state index in [4.69, 9.17) is 5.11 Å². The van der Waals surface area contributed by atoms with Gasteiger partial charge in [-0.25, -0.2) is 4.79 Å². The van der Waals surface area contributed by atoms with Gasteiger partial charge in [0.25, 0.3) is 5.91 Å². The highest BCUT2D eigenvalue weighted by Crippen LogP contribution is 2.16. The fourth-order valence-electron chi connectivity index (χ4n) is 1.72. The Kier molecular flexibility index (Phi) is 3.95. The topological polar surface area (TPSA) is 89.9 Å². The molecular formula is C11H19N3O4. The van der Waals surface area contributed by atoms with Crippen LogP contribution in [0.25, 0.3) is 0 Å². The molecule has 0 aromatic carbocycles. The lowest BCUT2D eigenvalue weighted by molar-refractivity contribution is -0.138. The van der Waals surface area contributed by atoms with E-state index in [2.05, 4.69) is 5.32 Å². The van der Waals surface area contributed by atoms with Crippen LogP contribution in [0, 0.1) is 0 Å². The molecule has 1 saturated heterocycles. The van der Waals surface area contributed by atoms with Gasteiger partial charge in [0.2, 0.25) is 5.91 Å². The zero-order valence-corrected chi connectivity index (χ0v) is 11.1. The second kappa shape index (κ2) is 4.93. The number of hydrogen-bond acceptors (Lipinski definition) is 4. The van der Waals surface area contributed by atoms with Gasteiger partial charge < -0.3 is 15.3 Å². The molecule has 4 amide bonds. The van der Waals surface area contributed by atoms with E-state index >= 15 is 0 Å². The highest BCUT2D eigenvalue weighted by atomic mass is 16.3. The van der Waals surface area contributed by atoms with Crippen LogP contribution >= 0.6 is 0 Å². The number of likely N-dealkylation sites (N-methyl/N-ethyl adjacent to an activating group) is 1. The summed E-state index contributed by atoms with van der Waals surface area (Å²) in [6.07, 6.45) is -0.654. The maximum atomic E-state index is 11.8. The molecule has 1 fully saturated rings. The molecule has 0 radical (unpaired) electrons. The van der Waals surface area contributed by atoms with Crippen molar-refractivity contribution in [3.8, 4) is 0 Å². The first-order valence-corrected chi connectivity index (χ1v) is 5.71. The summed E-state index contributed by atoms with van der Waals surface area (Å²) in [4.78, 5) is 37.4. The number of carbonyl (C=O) groups is 3. The van der Waals surface area contributed by atoms with Gasteiger partial charge in [-0.1, -0.05) is 0 Å². The number of urea groups is 1. The number of aliphatic hydroxyl groups is 1. The molecule has 0 bridgehead atoms. The van der Waals surface area contributed by atoms with Gasteiger partial charge in [-0.15, -0.1) is 0 Å². The van der Waals surface area contributed by atoms with Crippen molar-refractivity contribution in [3.05, 3.63) is 0 Å².